The number of benzene rings is 1. The molecule has 0 atom stereocenters. The van der Waals surface area contributed by atoms with E-state index in [4.69, 9.17) is 5.73 Å². The lowest BCUT2D eigenvalue weighted by molar-refractivity contribution is -0.137. The lowest BCUT2D eigenvalue weighted by Crippen LogP contribution is -2.09. The van der Waals surface area contributed by atoms with Crippen LogP contribution in [0.25, 0.3) is 11.3 Å². The molecular formula is C14H15F4N3. The summed E-state index contributed by atoms with van der Waals surface area (Å²) in [4.78, 5) is 3.96. The third-order valence-electron chi connectivity index (χ3n) is 3.17. The summed E-state index contributed by atoms with van der Waals surface area (Å²) in [5, 5.41) is 0. The maximum atomic E-state index is 13.1. The van der Waals surface area contributed by atoms with E-state index >= 15 is 0 Å². The number of anilines is 1. The van der Waals surface area contributed by atoms with E-state index in [0.717, 1.165) is 25.0 Å². The largest absolute Gasteiger partial charge is 0.417 e. The second kappa shape index (κ2) is 5.75. The van der Waals surface area contributed by atoms with Crippen LogP contribution in [0.15, 0.2) is 24.5 Å². The van der Waals surface area contributed by atoms with Gasteiger partial charge in [0.05, 0.1) is 11.9 Å². The number of nitrogen functional groups attached to an aromatic ring is 1. The van der Waals surface area contributed by atoms with Crippen LogP contribution in [0.3, 0.4) is 0 Å². The fourth-order valence-electron chi connectivity index (χ4n) is 2.06. The Morgan fingerprint density at radius 3 is 2.62 bits per heavy atom. The van der Waals surface area contributed by atoms with Crippen molar-refractivity contribution in [2.24, 2.45) is 0 Å². The first-order chi connectivity index (χ1) is 9.84. The van der Waals surface area contributed by atoms with Gasteiger partial charge in [0, 0.05) is 12.1 Å². The standard InChI is InChI=1S/C14H15F4N3/c1-2-3-6-21-8-20-12(13(21)19)10-5-4-9(15)7-11(10)14(16,17)18/h4-5,7-8H,2-3,6,19H2,1H3. The van der Waals surface area contributed by atoms with Gasteiger partial charge in [-0.25, -0.2) is 9.37 Å². The fourth-order valence-corrected chi connectivity index (χ4v) is 2.06. The van der Waals surface area contributed by atoms with Gasteiger partial charge in [0.15, 0.2) is 0 Å². The van der Waals surface area contributed by atoms with Crippen molar-refractivity contribution in [1.82, 2.24) is 9.55 Å². The van der Waals surface area contributed by atoms with Crippen LogP contribution in [-0.4, -0.2) is 9.55 Å². The summed E-state index contributed by atoms with van der Waals surface area (Å²) in [6.07, 6.45) is -1.49. The minimum absolute atomic E-state index is 0.0263. The molecule has 0 saturated heterocycles. The quantitative estimate of drug-likeness (QED) is 0.864. The molecule has 0 aliphatic carbocycles. The van der Waals surface area contributed by atoms with E-state index in [1.807, 2.05) is 6.92 Å². The van der Waals surface area contributed by atoms with Crippen molar-refractivity contribution in [1.29, 1.82) is 0 Å². The number of hydrogen-bond donors (Lipinski definition) is 1. The van der Waals surface area contributed by atoms with E-state index in [1.165, 1.54) is 6.33 Å². The number of alkyl halides is 3. The zero-order valence-corrected chi connectivity index (χ0v) is 11.4. The summed E-state index contributed by atoms with van der Waals surface area (Å²) in [5.41, 5.74) is 4.61. The van der Waals surface area contributed by atoms with Gasteiger partial charge in [-0.05, 0) is 24.6 Å². The maximum absolute atomic E-state index is 13.1. The molecule has 0 spiro atoms. The third-order valence-corrected chi connectivity index (χ3v) is 3.17. The minimum atomic E-state index is -4.67. The predicted molar refractivity (Wildman–Crippen MR) is 71.9 cm³/mol. The van der Waals surface area contributed by atoms with E-state index in [2.05, 4.69) is 4.98 Å². The van der Waals surface area contributed by atoms with E-state index in [1.54, 1.807) is 4.57 Å². The van der Waals surface area contributed by atoms with Crippen LogP contribution in [0.4, 0.5) is 23.4 Å². The average molecular weight is 301 g/mol. The van der Waals surface area contributed by atoms with E-state index in [0.29, 0.717) is 12.6 Å². The lowest BCUT2D eigenvalue weighted by atomic mass is 10.0. The summed E-state index contributed by atoms with van der Waals surface area (Å²) < 4.78 is 53.7. The Hall–Kier alpha value is -2.05. The molecule has 2 rings (SSSR count). The van der Waals surface area contributed by atoms with Crippen LogP contribution < -0.4 is 5.73 Å². The monoisotopic (exact) mass is 301 g/mol. The molecule has 3 nitrogen and oxygen atoms in total. The Morgan fingerprint density at radius 2 is 2.00 bits per heavy atom. The van der Waals surface area contributed by atoms with Crippen molar-refractivity contribution in [3.8, 4) is 11.3 Å². The summed E-state index contributed by atoms with van der Waals surface area (Å²) >= 11 is 0. The smallest absolute Gasteiger partial charge is 0.383 e. The minimum Gasteiger partial charge on any atom is -0.383 e. The molecular weight excluding hydrogens is 286 g/mol. The van der Waals surface area contributed by atoms with Crippen LogP contribution in [0.1, 0.15) is 25.3 Å². The van der Waals surface area contributed by atoms with Gasteiger partial charge in [0.25, 0.3) is 0 Å². The summed E-state index contributed by atoms with van der Waals surface area (Å²) in [6.45, 7) is 2.58. The molecule has 0 bridgehead atoms. The van der Waals surface area contributed by atoms with Gasteiger partial charge in [0.1, 0.15) is 17.3 Å². The van der Waals surface area contributed by atoms with Crippen LogP contribution in [0, 0.1) is 5.82 Å². The number of nitrogens with zero attached hydrogens (tertiary/aromatic N) is 2. The Balaban J connectivity index is 2.50. The Labute approximate surface area is 119 Å². The average Bonchev–Trinajstić information content (AvgIpc) is 2.77. The number of rotatable bonds is 4. The Kier molecular flexibility index (Phi) is 4.20. The third kappa shape index (κ3) is 3.17. The van der Waals surface area contributed by atoms with E-state index < -0.39 is 17.6 Å². The molecule has 0 aliphatic heterocycles. The fraction of sp³-hybridized carbons (Fsp3) is 0.357. The van der Waals surface area contributed by atoms with Crippen molar-refractivity contribution in [3.63, 3.8) is 0 Å². The molecule has 0 radical (unpaired) electrons. The molecule has 1 aromatic carbocycles. The number of aryl methyl sites for hydroxylation is 1. The molecule has 0 unspecified atom stereocenters. The lowest BCUT2D eigenvalue weighted by Gasteiger charge is -2.12. The molecule has 7 heteroatoms. The first-order valence-corrected chi connectivity index (χ1v) is 6.52. The zero-order chi connectivity index (χ0) is 15.6. The van der Waals surface area contributed by atoms with Gasteiger partial charge in [0.2, 0.25) is 0 Å². The number of halogens is 4. The van der Waals surface area contributed by atoms with Crippen LogP contribution in [-0.2, 0) is 12.7 Å². The first kappa shape index (κ1) is 15.3. The molecule has 0 fully saturated rings. The second-order valence-electron chi connectivity index (χ2n) is 4.71. The van der Waals surface area contributed by atoms with Gasteiger partial charge in [-0.2, -0.15) is 13.2 Å². The highest BCUT2D eigenvalue weighted by atomic mass is 19.4. The molecule has 0 amide bonds. The Bertz CT molecular complexity index is 632. The predicted octanol–water partition coefficient (Wildman–Crippen LogP) is 4.09. The zero-order valence-electron chi connectivity index (χ0n) is 11.4. The number of aromatic nitrogens is 2. The van der Waals surface area contributed by atoms with Gasteiger partial charge >= 0.3 is 6.18 Å². The van der Waals surface area contributed by atoms with Gasteiger partial charge in [-0.15, -0.1) is 0 Å². The van der Waals surface area contributed by atoms with Gasteiger partial charge < -0.3 is 10.3 Å². The molecule has 0 aliphatic rings. The molecule has 1 aromatic heterocycles. The van der Waals surface area contributed by atoms with Crippen molar-refractivity contribution < 1.29 is 17.6 Å². The first-order valence-electron chi connectivity index (χ1n) is 6.52. The number of hydrogen-bond acceptors (Lipinski definition) is 2. The Morgan fingerprint density at radius 1 is 1.29 bits per heavy atom. The van der Waals surface area contributed by atoms with Crippen LogP contribution in [0.2, 0.25) is 0 Å². The summed E-state index contributed by atoms with van der Waals surface area (Å²) in [7, 11) is 0. The molecule has 2 aromatic rings. The van der Waals surface area contributed by atoms with Crippen molar-refractivity contribution >= 4 is 5.82 Å². The number of unbranched alkanes of at least 4 members (excludes halogenated alkanes) is 1. The number of imidazole rings is 1. The SMILES string of the molecule is CCCCn1cnc(-c2ccc(F)cc2C(F)(F)F)c1N. The van der Waals surface area contributed by atoms with E-state index in [-0.39, 0.29) is 17.1 Å². The molecule has 114 valence electrons. The highest BCUT2D eigenvalue weighted by Gasteiger charge is 2.35. The molecule has 1 heterocycles. The summed E-state index contributed by atoms with van der Waals surface area (Å²) in [5.74, 6) is -0.796. The highest BCUT2D eigenvalue weighted by Crippen LogP contribution is 2.38. The van der Waals surface area contributed by atoms with Crippen molar-refractivity contribution in [3.05, 3.63) is 35.9 Å². The van der Waals surface area contributed by atoms with E-state index in [9.17, 15) is 17.6 Å². The summed E-state index contributed by atoms with van der Waals surface area (Å²) in [6, 6.07) is 2.48. The van der Waals surface area contributed by atoms with Crippen molar-refractivity contribution in [2.45, 2.75) is 32.5 Å². The van der Waals surface area contributed by atoms with Crippen LogP contribution >= 0.6 is 0 Å². The van der Waals surface area contributed by atoms with Crippen LogP contribution in [0.5, 0.6) is 0 Å². The topological polar surface area (TPSA) is 43.8 Å². The molecule has 21 heavy (non-hydrogen) atoms. The molecule has 0 saturated carbocycles. The normalized spacial score (nSPS) is 11.9. The number of nitrogens with two attached hydrogens (primary N) is 1. The van der Waals surface area contributed by atoms with Crippen molar-refractivity contribution in [2.75, 3.05) is 5.73 Å². The van der Waals surface area contributed by atoms with Gasteiger partial charge in [-0.3, -0.25) is 0 Å². The second-order valence-corrected chi connectivity index (χ2v) is 4.71. The highest BCUT2D eigenvalue weighted by molar-refractivity contribution is 5.73. The molecule has 2 N–H and O–H groups in total. The maximum Gasteiger partial charge on any atom is 0.417 e. The van der Waals surface area contributed by atoms with Gasteiger partial charge in [-0.1, -0.05) is 13.3 Å².